The van der Waals surface area contributed by atoms with Gasteiger partial charge < -0.3 is 9.80 Å². The molecule has 27 heavy (non-hydrogen) atoms. The first-order valence-electron chi connectivity index (χ1n) is 8.96. The summed E-state index contributed by atoms with van der Waals surface area (Å²) in [6.07, 6.45) is 0. The van der Waals surface area contributed by atoms with Crippen molar-refractivity contribution in [2.45, 2.75) is 0 Å². The van der Waals surface area contributed by atoms with Crippen molar-refractivity contribution in [3.8, 4) is 0 Å². The van der Waals surface area contributed by atoms with E-state index in [1.807, 2.05) is 24.3 Å². The molecule has 6 nitrogen and oxygen atoms in total. The van der Waals surface area contributed by atoms with E-state index in [-0.39, 0.29) is 10.9 Å². The lowest BCUT2D eigenvalue weighted by atomic mass is 10.1. The van der Waals surface area contributed by atoms with Crippen LogP contribution < -0.4 is 10.5 Å². The van der Waals surface area contributed by atoms with Crippen molar-refractivity contribution in [3.63, 3.8) is 0 Å². The maximum atomic E-state index is 13.7. The fraction of sp³-hybridized carbons (Fsp3) is 0.250. The zero-order valence-corrected chi connectivity index (χ0v) is 14.9. The Morgan fingerprint density at radius 3 is 2.48 bits per heavy atom. The van der Waals surface area contributed by atoms with Crippen molar-refractivity contribution >= 4 is 33.1 Å². The lowest BCUT2D eigenvalue weighted by Crippen LogP contribution is -2.45. The van der Waals surface area contributed by atoms with Crippen LogP contribution in [0.25, 0.3) is 27.3 Å². The number of nitrogens with zero attached hydrogens (tertiary/aromatic N) is 5. The molecule has 3 heterocycles. The summed E-state index contributed by atoms with van der Waals surface area (Å²) in [6.45, 7) is 3.54. The van der Waals surface area contributed by atoms with Gasteiger partial charge in [-0.1, -0.05) is 24.3 Å². The van der Waals surface area contributed by atoms with Gasteiger partial charge in [-0.2, -0.15) is 4.52 Å². The van der Waals surface area contributed by atoms with Gasteiger partial charge in [-0.05, 0) is 25.2 Å². The first-order chi connectivity index (χ1) is 13.1. The molecule has 2 aromatic carbocycles. The molecule has 136 valence electrons. The molecule has 0 atom stereocenters. The summed E-state index contributed by atoms with van der Waals surface area (Å²) in [5, 5.41) is 6.73. The minimum absolute atomic E-state index is 0.236. The zero-order chi connectivity index (χ0) is 18.5. The van der Waals surface area contributed by atoms with Gasteiger partial charge in [0, 0.05) is 37.0 Å². The minimum atomic E-state index is -0.457. The standard InChI is InChI=1S/C20H18FN5O/c1-24-8-10-25(11-9-24)19-15-5-3-2-4-14(15)18-22-17-7-6-13(21)12-16(17)20(27)26(18)23-19/h2-7,12H,8-11H2,1H3. The van der Waals surface area contributed by atoms with Crippen LogP contribution in [-0.4, -0.2) is 52.7 Å². The van der Waals surface area contributed by atoms with E-state index in [4.69, 9.17) is 0 Å². The maximum absolute atomic E-state index is 13.7. The Morgan fingerprint density at radius 1 is 0.963 bits per heavy atom. The smallest absolute Gasteiger partial charge is 0.282 e. The van der Waals surface area contributed by atoms with Gasteiger partial charge in [0.15, 0.2) is 11.5 Å². The van der Waals surface area contributed by atoms with Crippen molar-refractivity contribution in [2.24, 2.45) is 0 Å². The number of fused-ring (bicyclic) bond motifs is 4. The number of hydrogen-bond acceptors (Lipinski definition) is 5. The first-order valence-corrected chi connectivity index (χ1v) is 8.96. The average Bonchev–Trinajstić information content (AvgIpc) is 2.69. The van der Waals surface area contributed by atoms with E-state index in [0.717, 1.165) is 42.8 Å². The molecule has 0 amide bonds. The van der Waals surface area contributed by atoms with Crippen molar-refractivity contribution in [1.29, 1.82) is 0 Å². The van der Waals surface area contributed by atoms with Crippen LogP contribution in [0.15, 0.2) is 47.3 Å². The number of hydrogen-bond donors (Lipinski definition) is 0. The quantitative estimate of drug-likeness (QED) is 0.384. The molecule has 1 fully saturated rings. The van der Waals surface area contributed by atoms with Crippen LogP contribution in [0.3, 0.4) is 0 Å². The second kappa shape index (κ2) is 5.99. The predicted molar refractivity (Wildman–Crippen MR) is 104 cm³/mol. The van der Waals surface area contributed by atoms with Crippen LogP contribution in [0.1, 0.15) is 0 Å². The van der Waals surface area contributed by atoms with E-state index >= 15 is 0 Å². The highest BCUT2D eigenvalue weighted by Crippen LogP contribution is 2.28. The van der Waals surface area contributed by atoms with Gasteiger partial charge in [0.05, 0.1) is 10.9 Å². The van der Waals surface area contributed by atoms with Crippen LogP contribution in [0.5, 0.6) is 0 Å². The number of likely N-dealkylation sites (N-methyl/N-ethyl adjacent to an activating group) is 1. The summed E-state index contributed by atoms with van der Waals surface area (Å²) in [5.41, 5.74) is 0.615. The number of aromatic nitrogens is 3. The summed E-state index contributed by atoms with van der Waals surface area (Å²) in [7, 11) is 2.10. The van der Waals surface area contributed by atoms with E-state index in [1.54, 1.807) is 0 Å². The van der Waals surface area contributed by atoms with E-state index < -0.39 is 5.82 Å². The van der Waals surface area contributed by atoms with Crippen LogP contribution in [0, 0.1) is 5.82 Å². The molecule has 0 aliphatic carbocycles. The molecule has 2 aromatic heterocycles. The maximum Gasteiger partial charge on any atom is 0.282 e. The summed E-state index contributed by atoms with van der Waals surface area (Å²) in [5.74, 6) is 0.312. The van der Waals surface area contributed by atoms with Gasteiger partial charge in [0.2, 0.25) is 0 Å². The Kier molecular flexibility index (Phi) is 3.58. The summed E-state index contributed by atoms with van der Waals surface area (Å²) in [4.78, 5) is 22.1. The Bertz CT molecular complexity index is 1240. The van der Waals surface area contributed by atoms with Crippen LogP contribution in [0.2, 0.25) is 0 Å². The van der Waals surface area contributed by atoms with Crippen molar-refractivity contribution < 1.29 is 4.39 Å². The van der Waals surface area contributed by atoms with Crippen LogP contribution in [-0.2, 0) is 0 Å². The highest BCUT2D eigenvalue weighted by atomic mass is 19.1. The molecule has 0 bridgehead atoms. The Labute approximate surface area is 154 Å². The van der Waals surface area contributed by atoms with Gasteiger partial charge >= 0.3 is 0 Å². The van der Waals surface area contributed by atoms with Crippen molar-refractivity contribution in [1.82, 2.24) is 19.5 Å². The molecular formula is C20H18FN5O. The van der Waals surface area contributed by atoms with E-state index in [9.17, 15) is 9.18 Å². The zero-order valence-electron chi connectivity index (χ0n) is 14.9. The van der Waals surface area contributed by atoms with Crippen LogP contribution >= 0.6 is 0 Å². The number of piperazine rings is 1. The molecule has 7 heteroatoms. The topological polar surface area (TPSA) is 53.7 Å². The molecule has 0 radical (unpaired) electrons. The third-order valence-electron chi connectivity index (χ3n) is 5.21. The fourth-order valence-electron chi connectivity index (χ4n) is 3.69. The lowest BCUT2D eigenvalue weighted by Gasteiger charge is -2.33. The molecule has 0 unspecified atom stereocenters. The van der Waals surface area contributed by atoms with E-state index in [2.05, 4.69) is 26.9 Å². The normalized spacial score (nSPS) is 15.9. The first kappa shape index (κ1) is 16.1. The summed E-state index contributed by atoms with van der Waals surface area (Å²) in [6, 6.07) is 11.9. The average molecular weight is 363 g/mol. The lowest BCUT2D eigenvalue weighted by molar-refractivity contribution is 0.312. The van der Waals surface area contributed by atoms with Crippen LogP contribution in [0.4, 0.5) is 10.2 Å². The van der Waals surface area contributed by atoms with Crippen molar-refractivity contribution in [3.05, 3.63) is 58.6 Å². The largest absolute Gasteiger partial charge is 0.352 e. The highest BCUT2D eigenvalue weighted by Gasteiger charge is 2.20. The molecule has 1 aliphatic rings. The van der Waals surface area contributed by atoms with Gasteiger partial charge in [-0.3, -0.25) is 4.79 Å². The SMILES string of the molecule is CN1CCN(c2nn3c(=O)c4cc(F)ccc4nc3c3ccccc23)CC1. The molecule has 0 saturated carbocycles. The van der Waals surface area contributed by atoms with E-state index in [0.29, 0.717) is 11.2 Å². The molecule has 0 N–H and O–H groups in total. The molecule has 1 saturated heterocycles. The molecular weight excluding hydrogens is 345 g/mol. The third kappa shape index (κ3) is 2.54. The molecule has 4 aromatic rings. The predicted octanol–water partition coefficient (Wildman–Crippen LogP) is 2.29. The van der Waals surface area contributed by atoms with Gasteiger partial charge in [-0.15, -0.1) is 5.10 Å². The molecule has 5 rings (SSSR count). The second-order valence-electron chi connectivity index (χ2n) is 6.97. The fourth-order valence-corrected chi connectivity index (χ4v) is 3.69. The number of rotatable bonds is 1. The summed E-state index contributed by atoms with van der Waals surface area (Å²) >= 11 is 0. The Morgan fingerprint density at radius 2 is 1.70 bits per heavy atom. The number of halogens is 1. The highest BCUT2D eigenvalue weighted by molar-refractivity contribution is 6.01. The van der Waals surface area contributed by atoms with Gasteiger partial charge in [-0.25, -0.2) is 9.37 Å². The monoisotopic (exact) mass is 363 g/mol. The minimum Gasteiger partial charge on any atom is -0.352 e. The van der Waals surface area contributed by atoms with Gasteiger partial charge in [0.25, 0.3) is 5.56 Å². The second-order valence-corrected chi connectivity index (χ2v) is 6.97. The van der Waals surface area contributed by atoms with Crippen molar-refractivity contribution in [2.75, 3.05) is 38.1 Å². The molecule has 0 spiro atoms. The molecule has 1 aliphatic heterocycles. The Balaban J connectivity index is 1.86. The van der Waals surface area contributed by atoms with E-state index in [1.165, 1.54) is 22.7 Å². The third-order valence-corrected chi connectivity index (χ3v) is 5.21. The summed E-state index contributed by atoms with van der Waals surface area (Å²) < 4.78 is 15.0. The number of anilines is 1. The Hall–Kier alpha value is -3.06. The number of benzene rings is 2. The van der Waals surface area contributed by atoms with Gasteiger partial charge in [0.1, 0.15) is 5.82 Å².